The summed E-state index contributed by atoms with van der Waals surface area (Å²) in [6.45, 7) is 0. The Hall–Kier alpha value is -1.24. The van der Waals surface area contributed by atoms with Gasteiger partial charge in [-0.1, -0.05) is 33.6 Å². The van der Waals surface area contributed by atoms with Gasteiger partial charge in [0, 0.05) is 9.50 Å². The summed E-state index contributed by atoms with van der Waals surface area (Å²) in [5.74, 6) is 0. The fourth-order valence-corrected chi connectivity index (χ4v) is 3.41. The molecule has 2 aromatic rings. The van der Waals surface area contributed by atoms with E-state index < -0.39 is 10.0 Å². The normalized spacial score (nSPS) is 11.3. The van der Waals surface area contributed by atoms with Crippen LogP contribution in [0.1, 0.15) is 0 Å². The molecule has 19 heavy (non-hydrogen) atoms. The lowest BCUT2D eigenvalue weighted by atomic mass is 10.3. The van der Waals surface area contributed by atoms with E-state index in [9.17, 15) is 8.42 Å². The third-order valence-corrected chi connectivity index (χ3v) is 4.51. The first kappa shape index (κ1) is 14.2. The second-order valence-corrected chi connectivity index (χ2v) is 6.80. The number of nitrogens with one attached hydrogen (secondary N) is 1. The maximum Gasteiger partial charge on any atom is 0.263 e. The number of hydrogen-bond donors (Lipinski definition) is 2. The number of rotatable bonds is 3. The molecule has 0 bridgehead atoms. The van der Waals surface area contributed by atoms with Crippen molar-refractivity contribution in [1.82, 2.24) is 0 Å². The van der Waals surface area contributed by atoms with Crippen molar-refractivity contribution in [2.24, 2.45) is 0 Å². The molecule has 2 aromatic carbocycles. The molecule has 0 saturated heterocycles. The number of nitrogen functional groups attached to an aromatic ring is 1. The van der Waals surface area contributed by atoms with E-state index in [4.69, 9.17) is 17.3 Å². The molecule has 3 N–H and O–H groups in total. The van der Waals surface area contributed by atoms with E-state index in [0.717, 1.165) is 0 Å². The van der Waals surface area contributed by atoms with E-state index in [2.05, 4.69) is 20.7 Å². The number of halogens is 2. The van der Waals surface area contributed by atoms with Crippen molar-refractivity contribution in [3.8, 4) is 0 Å². The maximum atomic E-state index is 12.2. The largest absolute Gasteiger partial charge is 0.398 e. The highest BCUT2D eigenvalue weighted by Crippen LogP contribution is 2.25. The third kappa shape index (κ3) is 3.40. The SMILES string of the molecule is Nc1ccc(Br)cc1S(=O)(=O)Nc1cccc(Cl)c1. The number of nitrogens with two attached hydrogens (primary N) is 1. The van der Waals surface area contributed by atoms with Gasteiger partial charge < -0.3 is 5.73 Å². The van der Waals surface area contributed by atoms with Crippen molar-refractivity contribution in [3.05, 3.63) is 52.0 Å². The van der Waals surface area contributed by atoms with Gasteiger partial charge in [-0.3, -0.25) is 4.72 Å². The lowest BCUT2D eigenvalue weighted by molar-refractivity contribution is 0.601. The van der Waals surface area contributed by atoms with Crippen molar-refractivity contribution in [1.29, 1.82) is 0 Å². The van der Waals surface area contributed by atoms with E-state index in [1.54, 1.807) is 24.3 Å². The minimum absolute atomic E-state index is 0.0156. The van der Waals surface area contributed by atoms with Crippen molar-refractivity contribution in [2.45, 2.75) is 4.90 Å². The first-order chi connectivity index (χ1) is 8.88. The van der Waals surface area contributed by atoms with Gasteiger partial charge in [0.25, 0.3) is 10.0 Å². The molecule has 0 aliphatic heterocycles. The summed E-state index contributed by atoms with van der Waals surface area (Å²) < 4.78 is 27.5. The Kier molecular flexibility index (Phi) is 4.03. The molecule has 2 rings (SSSR count). The van der Waals surface area contributed by atoms with Gasteiger partial charge >= 0.3 is 0 Å². The van der Waals surface area contributed by atoms with Gasteiger partial charge in [-0.2, -0.15) is 0 Å². The zero-order chi connectivity index (χ0) is 14.0. The van der Waals surface area contributed by atoms with Gasteiger partial charge in [0.1, 0.15) is 4.90 Å². The zero-order valence-electron chi connectivity index (χ0n) is 9.60. The lowest BCUT2D eigenvalue weighted by Gasteiger charge is -2.10. The van der Waals surface area contributed by atoms with Crippen molar-refractivity contribution in [3.63, 3.8) is 0 Å². The molecule has 7 heteroatoms. The summed E-state index contributed by atoms with van der Waals surface area (Å²) >= 11 is 9.03. The predicted molar refractivity (Wildman–Crippen MR) is 80.8 cm³/mol. The average Bonchev–Trinajstić information content (AvgIpc) is 2.31. The Morgan fingerprint density at radius 2 is 1.89 bits per heavy atom. The Morgan fingerprint density at radius 1 is 1.16 bits per heavy atom. The molecular weight excluding hydrogens is 352 g/mol. The topological polar surface area (TPSA) is 72.2 Å². The highest BCUT2D eigenvalue weighted by molar-refractivity contribution is 9.10. The molecular formula is C12H10BrClN2O2S. The Labute approximate surface area is 124 Å². The maximum absolute atomic E-state index is 12.2. The molecule has 0 atom stereocenters. The first-order valence-corrected chi connectivity index (χ1v) is 7.87. The number of sulfonamides is 1. The predicted octanol–water partition coefficient (Wildman–Crippen LogP) is 3.49. The summed E-state index contributed by atoms with van der Waals surface area (Å²) in [4.78, 5) is 0.0156. The summed E-state index contributed by atoms with van der Waals surface area (Å²) in [6.07, 6.45) is 0. The highest BCUT2D eigenvalue weighted by atomic mass is 79.9. The lowest BCUT2D eigenvalue weighted by Crippen LogP contribution is -2.14. The molecule has 0 spiro atoms. The molecule has 0 aliphatic carbocycles. The van der Waals surface area contributed by atoms with Gasteiger partial charge in [-0.25, -0.2) is 8.42 Å². The third-order valence-electron chi connectivity index (χ3n) is 2.34. The van der Waals surface area contributed by atoms with Gasteiger partial charge in [0.2, 0.25) is 0 Å². The summed E-state index contributed by atoms with van der Waals surface area (Å²) in [7, 11) is -3.75. The van der Waals surface area contributed by atoms with E-state index >= 15 is 0 Å². The quantitative estimate of drug-likeness (QED) is 0.822. The van der Waals surface area contributed by atoms with Gasteiger partial charge in [0.05, 0.1) is 11.4 Å². The minimum Gasteiger partial charge on any atom is -0.398 e. The van der Waals surface area contributed by atoms with Crippen LogP contribution >= 0.6 is 27.5 Å². The average molecular weight is 362 g/mol. The fraction of sp³-hybridized carbons (Fsp3) is 0. The van der Waals surface area contributed by atoms with E-state index in [1.165, 1.54) is 18.2 Å². The molecule has 0 heterocycles. The standard InChI is InChI=1S/C12H10BrClN2O2S/c13-8-4-5-11(15)12(6-8)19(17,18)16-10-3-1-2-9(14)7-10/h1-7,16H,15H2. The summed E-state index contributed by atoms with van der Waals surface area (Å²) in [5, 5.41) is 0.447. The summed E-state index contributed by atoms with van der Waals surface area (Å²) in [6, 6.07) is 11.1. The fourth-order valence-electron chi connectivity index (χ4n) is 1.50. The first-order valence-electron chi connectivity index (χ1n) is 5.22. The molecule has 0 amide bonds. The number of benzene rings is 2. The molecule has 0 saturated carbocycles. The molecule has 0 fully saturated rings. The van der Waals surface area contributed by atoms with Crippen LogP contribution in [0.15, 0.2) is 51.8 Å². The Bertz CT molecular complexity index is 719. The van der Waals surface area contributed by atoms with Crippen LogP contribution in [0.2, 0.25) is 5.02 Å². The van der Waals surface area contributed by atoms with Crippen LogP contribution in [0.5, 0.6) is 0 Å². The zero-order valence-corrected chi connectivity index (χ0v) is 12.8. The second-order valence-electron chi connectivity index (χ2n) is 3.80. The minimum atomic E-state index is -3.75. The van der Waals surface area contributed by atoms with E-state index in [1.807, 2.05) is 0 Å². The summed E-state index contributed by atoms with van der Waals surface area (Å²) in [5.41, 5.74) is 6.25. The van der Waals surface area contributed by atoms with E-state index in [0.29, 0.717) is 15.2 Å². The number of anilines is 2. The van der Waals surface area contributed by atoms with Crippen LogP contribution in [0, 0.1) is 0 Å². The molecule has 100 valence electrons. The Balaban J connectivity index is 2.40. The molecule has 0 aromatic heterocycles. The van der Waals surface area contributed by atoms with Gasteiger partial charge in [-0.15, -0.1) is 0 Å². The van der Waals surface area contributed by atoms with Gasteiger partial charge in [0.15, 0.2) is 0 Å². The van der Waals surface area contributed by atoms with Gasteiger partial charge in [-0.05, 0) is 36.4 Å². The van der Waals surface area contributed by atoms with Crippen molar-refractivity contribution in [2.75, 3.05) is 10.5 Å². The number of hydrogen-bond acceptors (Lipinski definition) is 3. The van der Waals surface area contributed by atoms with Crippen LogP contribution < -0.4 is 10.5 Å². The molecule has 4 nitrogen and oxygen atoms in total. The molecule has 0 radical (unpaired) electrons. The van der Waals surface area contributed by atoms with Crippen LogP contribution in [0.25, 0.3) is 0 Å². The van der Waals surface area contributed by atoms with Crippen molar-refractivity contribution >= 4 is 48.9 Å². The van der Waals surface area contributed by atoms with E-state index in [-0.39, 0.29) is 10.6 Å². The van der Waals surface area contributed by atoms with Crippen LogP contribution in [-0.4, -0.2) is 8.42 Å². The molecule has 0 unspecified atom stereocenters. The molecule has 0 aliphatic rings. The van der Waals surface area contributed by atoms with Crippen LogP contribution in [-0.2, 0) is 10.0 Å². The van der Waals surface area contributed by atoms with Crippen LogP contribution in [0.3, 0.4) is 0 Å². The Morgan fingerprint density at radius 3 is 2.58 bits per heavy atom. The van der Waals surface area contributed by atoms with Crippen molar-refractivity contribution < 1.29 is 8.42 Å². The monoisotopic (exact) mass is 360 g/mol. The van der Waals surface area contributed by atoms with Crippen LogP contribution in [0.4, 0.5) is 11.4 Å². The smallest absolute Gasteiger partial charge is 0.263 e. The second kappa shape index (κ2) is 5.40. The highest BCUT2D eigenvalue weighted by Gasteiger charge is 2.18.